The van der Waals surface area contributed by atoms with Gasteiger partial charge in [0.1, 0.15) is 5.01 Å². The third kappa shape index (κ3) is 4.76. The summed E-state index contributed by atoms with van der Waals surface area (Å²) in [7, 11) is 0. The van der Waals surface area contributed by atoms with Crippen LogP contribution in [0.1, 0.15) is 68.5 Å². The van der Waals surface area contributed by atoms with Gasteiger partial charge in [-0.1, -0.05) is 20.8 Å². The molecule has 1 aromatic rings. The predicted molar refractivity (Wildman–Crippen MR) is 87.1 cm³/mol. The van der Waals surface area contributed by atoms with Crippen LogP contribution in [0.3, 0.4) is 0 Å². The van der Waals surface area contributed by atoms with Crippen LogP contribution in [0.5, 0.6) is 0 Å². The summed E-state index contributed by atoms with van der Waals surface area (Å²) in [5, 5.41) is 5.62. The van der Waals surface area contributed by atoms with Crippen molar-refractivity contribution < 1.29 is 0 Å². The van der Waals surface area contributed by atoms with Crippen molar-refractivity contribution in [2.45, 2.75) is 76.5 Å². The third-order valence-electron chi connectivity index (χ3n) is 3.50. The SMILES string of the molecule is CCC(C)NCc1sc(CSC(C)C)nc1C1CC1. The van der Waals surface area contributed by atoms with E-state index in [9.17, 15) is 0 Å². The molecule has 4 heteroatoms. The van der Waals surface area contributed by atoms with Crippen LogP contribution in [0.15, 0.2) is 0 Å². The molecule has 1 saturated carbocycles. The van der Waals surface area contributed by atoms with Gasteiger partial charge in [-0.15, -0.1) is 11.3 Å². The lowest BCUT2D eigenvalue weighted by Gasteiger charge is -2.10. The number of thiazole rings is 1. The molecular weight excluding hydrogens is 272 g/mol. The molecular formula is C15H26N2S2. The van der Waals surface area contributed by atoms with E-state index in [4.69, 9.17) is 4.98 Å². The van der Waals surface area contributed by atoms with Crippen molar-refractivity contribution in [2.24, 2.45) is 0 Å². The highest BCUT2D eigenvalue weighted by Crippen LogP contribution is 2.43. The van der Waals surface area contributed by atoms with Crippen LogP contribution >= 0.6 is 23.1 Å². The van der Waals surface area contributed by atoms with E-state index in [0.29, 0.717) is 11.3 Å². The van der Waals surface area contributed by atoms with Gasteiger partial charge in [0.15, 0.2) is 0 Å². The van der Waals surface area contributed by atoms with Gasteiger partial charge in [0, 0.05) is 29.1 Å². The molecule has 1 aromatic heterocycles. The summed E-state index contributed by atoms with van der Waals surface area (Å²) in [5.74, 6) is 1.84. The first-order chi connectivity index (χ1) is 9.10. The molecule has 19 heavy (non-hydrogen) atoms. The number of nitrogens with zero attached hydrogens (tertiary/aromatic N) is 1. The van der Waals surface area contributed by atoms with Gasteiger partial charge in [-0.3, -0.25) is 0 Å². The summed E-state index contributed by atoms with van der Waals surface area (Å²) in [6.45, 7) is 10.0. The van der Waals surface area contributed by atoms with Gasteiger partial charge in [-0.25, -0.2) is 4.98 Å². The Kier molecular flexibility index (Phi) is 5.72. The van der Waals surface area contributed by atoms with Gasteiger partial charge in [0.2, 0.25) is 0 Å². The zero-order chi connectivity index (χ0) is 13.8. The zero-order valence-electron chi connectivity index (χ0n) is 12.5. The first-order valence-corrected chi connectivity index (χ1v) is 9.30. The van der Waals surface area contributed by atoms with Gasteiger partial charge in [0.25, 0.3) is 0 Å². The van der Waals surface area contributed by atoms with E-state index < -0.39 is 0 Å². The Morgan fingerprint density at radius 2 is 2.11 bits per heavy atom. The van der Waals surface area contributed by atoms with Crippen molar-refractivity contribution in [2.75, 3.05) is 0 Å². The van der Waals surface area contributed by atoms with Gasteiger partial charge < -0.3 is 5.32 Å². The van der Waals surface area contributed by atoms with Gasteiger partial charge in [-0.2, -0.15) is 11.8 Å². The molecule has 1 aliphatic carbocycles. The highest BCUT2D eigenvalue weighted by molar-refractivity contribution is 7.99. The minimum Gasteiger partial charge on any atom is -0.309 e. The van der Waals surface area contributed by atoms with Crippen molar-refractivity contribution in [3.63, 3.8) is 0 Å². The molecule has 1 fully saturated rings. The van der Waals surface area contributed by atoms with Crippen LogP contribution in [0.4, 0.5) is 0 Å². The standard InChI is InChI=1S/C15H26N2S2/c1-5-11(4)16-8-13-15(12-6-7-12)17-14(19-13)9-18-10(2)3/h10-12,16H,5-9H2,1-4H3. The molecule has 2 nitrogen and oxygen atoms in total. The monoisotopic (exact) mass is 298 g/mol. The molecule has 1 aliphatic rings. The van der Waals surface area contributed by atoms with E-state index in [0.717, 1.165) is 18.2 Å². The largest absolute Gasteiger partial charge is 0.309 e. The molecule has 0 saturated heterocycles. The maximum atomic E-state index is 4.91. The van der Waals surface area contributed by atoms with Crippen LogP contribution in [0.2, 0.25) is 0 Å². The molecule has 0 radical (unpaired) electrons. The molecule has 0 bridgehead atoms. The lowest BCUT2D eigenvalue weighted by atomic mass is 10.2. The van der Waals surface area contributed by atoms with Crippen molar-refractivity contribution in [3.05, 3.63) is 15.6 Å². The average molecular weight is 299 g/mol. The van der Waals surface area contributed by atoms with Gasteiger partial charge >= 0.3 is 0 Å². The molecule has 0 aliphatic heterocycles. The molecule has 2 rings (SSSR count). The topological polar surface area (TPSA) is 24.9 Å². The highest BCUT2D eigenvalue weighted by Gasteiger charge is 2.29. The lowest BCUT2D eigenvalue weighted by molar-refractivity contribution is 0.535. The van der Waals surface area contributed by atoms with Crippen molar-refractivity contribution in [3.8, 4) is 0 Å². The molecule has 1 atom stereocenters. The second-order valence-corrected chi connectivity index (χ2v) is 8.47. The molecule has 1 heterocycles. The van der Waals surface area contributed by atoms with Crippen LogP contribution in [0, 0.1) is 0 Å². The van der Waals surface area contributed by atoms with Crippen molar-refractivity contribution >= 4 is 23.1 Å². The van der Waals surface area contributed by atoms with E-state index in [2.05, 4.69) is 33.0 Å². The fourth-order valence-corrected chi connectivity index (χ4v) is 3.81. The maximum absolute atomic E-state index is 4.91. The second-order valence-electron chi connectivity index (χ2n) is 5.74. The molecule has 0 aromatic carbocycles. The Hall–Kier alpha value is -0.0600. The molecule has 1 unspecified atom stereocenters. The van der Waals surface area contributed by atoms with Crippen LogP contribution < -0.4 is 5.32 Å². The van der Waals surface area contributed by atoms with Crippen LogP contribution in [0.25, 0.3) is 0 Å². The average Bonchev–Trinajstić information content (AvgIpc) is 3.15. The molecule has 0 amide bonds. The van der Waals surface area contributed by atoms with E-state index in [1.807, 2.05) is 23.1 Å². The first kappa shape index (κ1) is 15.3. The van der Waals surface area contributed by atoms with Crippen molar-refractivity contribution in [1.82, 2.24) is 10.3 Å². The summed E-state index contributed by atoms with van der Waals surface area (Å²) in [4.78, 5) is 6.39. The minimum absolute atomic E-state index is 0.600. The second kappa shape index (κ2) is 7.09. The molecule has 108 valence electrons. The zero-order valence-corrected chi connectivity index (χ0v) is 14.2. The first-order valence-electron chi connectivity index (χ1n) is 7.43. The Labute approximate surface area is 125 Å². The lowest BCUT2D eigenvalue weighted by Crippen LogP contribution is -2.24. The maximum Gasteiger partial charge on any atom is 0.103 e. The number of hydrogen-bond acceptors (Lipinski definition) is 4. The fourth-order valence-electron chi connectivity index (χ4n) is 1.93. The van der Waals surface area contributed by atoms with E-state index >= 15 is 0 Å². The summed E-state index contributed by atoms with van der Waals surface area (Å²) < 4.78 is 0. The summed E-state index contributed by atoms with van der Waals surface area (Å²) in [6.07, 6.45) is 3.88. The molecule has 1 N–H and O–H groups in total. The summed E-state index contributed by atoms with van der Waals surface area (Å²) in [6, 6.07) is 0.600. The Balaban J connectivity index is 1.99. The van der Waals surface area contributed by atoms with E-state index in [1.54, 1.807) is 0 Å². The summed E-state index contributed by atoms with van der Waals surface area (Å²) >= 11 is 3.92. The van der Waals surface area contributed by atoms with Gasteiger partial charge in [-0.05, 0) is 31.4 Å². The predicted octanol–water partition coefficient (Wildman–Crippen LogP) is 4.55. The van der Waals surface area contributed by atoms with Crippen LogP contribution in [-0.4, -0.2) is 16.3 Å². The number of aromatic nitrogens is 1. The smallest absolute Gasteiger partial charge is 0.103 e. The Morgan fingerprint density at radius 3 is 2.68 bits per heavy atom. The summed E-state index contributed by atoms with van der Waals surface area (Å²) in [5.41, 5.74) is 1.40. The highest BCUT2D eigenvalue weighted by atomic mass is 32.2. The molecule has 0 spiro atoms. The number of hydrogen-bond donors (Lipinski definition) is 1. The van der Waals surface area contributed by atoms with Gasteiger partial charge in [0.05, 0.1) is 5.69 Å². The quantitative estimate of drug-likeness (QED) is 0.762. The van der Waals surface area contributed by atoms with Crippen LogP contribution in [-0.2, 0) is 12.3 Å². The third-order valence-corrected chi connectivity index (χ3v) is 5.86. The number of thioether (sulfide) groups is 1. The van der Waals surface area contributed by atoms with E-state index in [-0.39, 0.29) is 0 Å². The normalized spacial score (nSPS) is 17.1. The minimum atomic E-state index is 0.600. The fraction of sp³-hybridized carbons (Fsp3) is 0.800. The Morgan fingerprint density at radius 1 is 1.37 bits per heavy atom. The number of nitrogens with one attached hydrogen (secondary N) is 1. The Bertz CT molecular complexity index is 397. The van der Waals surface area contributed by atoms with Crippen molar-refractivity contribution in [1.29, 1.82) is 0 Å². The number of rotatable bonds is 8. The van der Waals surface area contributed by atoms with E-state index in [1.165, 1.54) is 34.8 Å².